The van der Waals surface area contributed by atoms with Crippen LogP contribution in [0.25, 0.3) is 0 Å². The molecule has 0 unspecified atom stereocenters. The van der Waals surface area contributed by atoms with Crippen molar-refractivity contribution < 1.29 is 0 Å². The summed E-state index contributed by atoms with van der Waals surface area (Å²) in [7, 11) is 1.46. The van der Waals surface area contributed by atoms with Crippen LogP contribution in [0.5, 0.6) is 0 Å². The Morgan fingerprint density at radius 2 is 1.82 bits per heavy atom. The highest BCUT2D eigenvalue weighted by molar-refractivity contribution is 5.24. The smallest absolute Gasteiger partial charge is 0.311 e. The minimum atomic E-state index is -0.375. The second kappa shape index (κ2) is 4.41. The highest BCUT2D eigenvalue weighted by Gasteiger charge is 2.01. The van der Waals surface area contributed by atoms with Gasteiger partial charge in [-0.05, 0) is 12.5 Å². The van der Waals surface area contributed by atoms with Crippen molar-refractivity contribution in [1.29, 1.82) is 0 Å². The van der Waals surface area contributed by atoms with Crippen LogP contribution < -0.4 is 11.2 Å². The first-order valence-electron chi connectivity index (χ1n) is 5.41. The number of nitrogens with one attached hydrogen (secondary N) is 1. The van der Waals surface area contributed by atoms with E-state index < -0.39 is 0 Å². The lowest BCUT2D eigenvalue weighted by molar-refractivity contribution is 0.758. The maximum Gasteiger partial charge on any atom is 0.328 e. The van der Waals surface area contributed by atoms with Crippen LogP contribution in [0.1, 0.15) is 16.8 Å². The third kappa shape index (κ3) is 2.53. The molecule has 0 fully saturated rings. The van der Waals surface area contributed by atoms with E-state index in [-0.39, 0.29) is 11.2 Å². The van der Waals surface area contributed by atoms with Crippen molar-refractivity contribution in [2.45, 2.75) is 13.3 Å². The summed E-state index contributed by atoms with van der Waals surface area (Å²) < 4.78 is 1.05. The predicted molar refractivity (Wildman–Crippen MR) is 66.3 cm³/mol. The normalized spacial score (nSPS) is 10.5. The second-order valence-electron chi connectivity index (χ2n) is 4.16. The summed E-state index contributed by atoms with van der Waals surface area (Å²) in [6.45, 7) is 2.02. The molecule has 2 aromatic rings. The van der Waals surface area contributed by atoms with Gasteiger partial charge in [0, 0.05) is 25.2 Å². The van der Waals surface area contributed by atoms with E-state index >= 15 is 0 Å². The zero-order chi connectivity index (χ0) is 12.4. The van der Waals surface area contributed by atoms with Gasteiger partial charge in [-0.15, -0.1) is 0 Å². The van der Waals surface area contributed by atoms with Crippen LogP contribution in [0.3, 0.4) is 0 Å². The van der Waals surface area contributed by atoms with Gasteiger partial charge < -0.3 is 4.98 Å². The van der Waals surface area contributed by atoms with Crippen molar-refractivity contribution >= 4 is 0 Å². The molecule has 1 N–H and O–H groups in total. The minimum absolute atomic E-state index is 0.282. The molecule has 0 aliphatic rings. The van der Waals surface area contributed by atoms with Crippen molar-refractivity contribution in [1.82, 2.24) is 9.55 Å². The Balaban J connectivity index is 2.34. The number of aromatic amines is 1. The van der Waals surface area contributed by atoms with Gasteiger partial charge in [0.1, 0.15) is 0 Å². The predicted octanol–water partition coefficient (Wildman–Crippen LogP) is 0.973. The number of aromatic nitrogens is 2. The van der Waals surface area contributed by atoms with Crippen molar-refractivity contribution in [2.24, 2.45) is 7.05 Å². The van der Waals surface area contributed by atoms with Crippen molar-refractivity contribution in [2.75, 3.05) is 0 Å². The van der Waals surface area contributed by atoms with Crippen molar-refractivity contribution in [3.05, 3.63) is 68.0 Å². The first-order chi connectivity index (χ1) is 8.06. The third-order valence-corrected chi connectivity index (χ3v) is 2.72. The molecule has 4 nitrogen and oxygen atoms in total. The molecule has 0 aliphatic carbocycles. The van der Waals surface area contributed by atoms with Crippen molar-refractivity contribution in [3.8, 4) is 0 Å². The van der Waals surface area contributed by atoms with E-state index in [1.807, 2.05) is 31.2 Å². The molecule has 1 heterocycles. The molecule has 0 radical (unpaired) electrons. The maximum absolute atomic E-state index is 11.4. The van der Waals surface area contributed by atoms with E-state index in [2.05, 4.69) is 4.98 Å². The van der Waals surface area contributed by atoms with Gasteiger partial charge in [-0.3, -0.25) is 9.36 Å². The molecule has 4 heteroatoms. The molecule has 88 valence electrons. The van der Waals surface area contributed by atoms with E-state index in [1.165, 1.54) is 18.7 Å². The topological polar surface area (TPSA) is 54.9 Å². The van der Waals surface area contributed by atoms with Gasteiger partial charge in [-0.2, -0.15) is 0 Å². The van der Waals surface area contributed by atoms with E-state index in [9.17, 15) is 9.59 Å². The van der Waals surface area contributed by atoms with Gasteiger partial charge in [0.2, 0.25) is 0 Å². The Hall–Kier alpha value is -2.10. The summed E-state index contributed by atoms with van der Waals surface area (Å²) in [5.74, 6) is 0. The quantitative estimate of drug-likeness (QED) is 0.835. The number of benzene rings is 1. The van der Waals surface area contributed by atoms with Gasteiger partial charge in [0.05, 0.1) is 0 Å². The van der Waals surface area contributed by atoms with Crippen LogP contribution in [0.15, 0.2) is 39.9 Å². The van der Waals surface area contributed by atoms with Crippen LogP contribution in [-0.4, -0.2) is 9.55 Å². The molecule has 0 saturated heterocycles. The number of hydrogen-bond donors (Lipinski definition) is 1. The Bertz CT molecular complexity index is 604. The number of H-pyrrole nitrogens is 1. The Kier molecular flexibility index (Phi) is 2.95. The van der Waals surface area contributed by atoms with Crippen LogP contribution in [0.2, 0.25) is 0 Å². The zero-order valence-electron chi connectivity index (χ0n) is 9.86. The summed E-state index contributed by atoms with van der Waals surface area (Å²) in [6.07, 6.45) is 0.561. The fourth-order valence-electron chi connectivity index (χ4n) is 1.62. The molecule has 0 saturated carbocycles. The molecule has 0 spiro atoms. The molecule has 0 bridgehead atoms. The lowest BCUT2D eigenvalue weighted by Gasteiger charge is -2.03. The van der Waals surface area contributed by atoms with Crippen LogP contribution in [0, 0.1) is 6.92 Å². The molecular weight excluding hydrogens is 216 g/mol. The Morgan fingerprint density at radius 3 is 2.41 bits per heavy atom. The fraction of sp³-hybridized carbons (Fsp3) is 0.231. The van der Waals surface area contributed by atoms with Gasteiger partial charge >= 0.3 is 5.69 Å². The van der Waals surface area contributed by atoms with Gasteiger partial charge in [-0.1, -0.05) is 29.8 Å². The van der Waals surface area contributed by atoms with E-state index in [0.29, 0.717) is 12.1 Å². The molecule has 0 atom stereocenters. The van der Waals surface area contributed by atoms with Gasteiger partial charge in [0.25, 0.3) is 5.56 Å². The van der Waals surface area contributed by atoms with Gasteiger partial charge in [-0.25, -0.2) is 4.79 Å². The Labute approximate surface area is 98.6 Å². The summed E-state index contributed by atoms with van der Waals surface area (Å²) >= 11 is 0. The summed E-state index contributed by atoms with van der Waals surface area (Å²) in [6, 6.07) is 9.46. The molecule has 1 aromatic heterocycles. The molecule has 17 heavy (non-hydrogen) atoms. The monoisotopic (exact) mass is 230 g/mol. The second-order valence-corrected chi connectivity index (χ2v) is 4.16. The van der Waals surface area contributed by atoms with Gasteiger partial charge in [0.15, 0.2) is 0 Å². The SMILES string of the molecule is Cc1ccc(Cc2cc(=O)n(C)c(=O)[nH]2)cc1. The number of hydrogen-bond acceptors (Lipinski definition) is 2. The van der Waals surface area contributed by atoms with Crippen molar-refractivity contribution in [3.63, 3.8) is 0 Å². The molecular formula is C13H14N2O2. The van der Waals surface area contributed by atoms with Crippen LogP contribution >= 0.6 is 0 Å². The lowest BCUT2D eigenvalue weighted by atomic mass is 10.1. The standard InChI is InChI=1S/C13H14N2O2/c1-9-3-5-10(6-4-9)7-11-8-12(16)15(2)13(17)14-11/h3-6,8H,7H2,1-2H3,(H,14,17). The van der Waals surface area contributed by atoms with Crippen LogP contribution in [-0.2, 0) is 13.5 Å². The van der Waals surface area contributed by atoms with E-state index in [1.54, 1.807) is 0 Å². The molecule has 0 aliphatic heterocycles. The Morgan fingerprint density at radius 1 is 1.18 bits per heavy atom. The maximum atomic E-state index is 11.4. The highest BCUT2D eigenvalue weighted by Crippen LogP contribution is 2.06. The minimum Gasteiger partial charge on any atom is -0.311 e. The molecule has 2 rings (SSSR count). The highest BCUT2D eigenvalue weighted by atomic mass is 16.2. The number of nitrogens with zero attached hydrogens (tertiary/aromatic N) is 1. The summed E-state index contributed by atoms with van der Waals surface area (Å²) in [5, 5.41) is 0. The number of rotatable bonds is 2. The average Bonchev–Trinajstić information content (AvgIpc) is 2.29. The summed E-state index contributed by atoms with van der Waals surface area (Å²) in [4.78, 5) is 25.5. The molecule has 1 aromatic carbocycles. The van der Waals surface area contributed by atoms with E-state index in [0.717, 1.165) is 10.1 Å². The van der Waals surface area contributed by atoms with E-state index in [4.69, 9.17) is 0 Å². The summed E-state index contributed by atoms with van der Waals surface area (Å²) in [5.41, 5.74) is 2.24. The lowest BCUT2D eigenvalue weighted by Crippen LogP contribution is -2.32. The van der Waals surface area contributed by atoms with Crippen LogP contribution in [0.4, 0.5) is 0 Å². The molecule has 0 amide bonds. The third-order valence-electron chi connectivity index (χ3n) is 2.72. The fourth-order valence-corrected chi connectivity index (χ4v) is 1.62. The zero-order valence-corrected chi connectivity index (χ0v) is 9.86. The number of aryl methyl sites for hydroxylation is 1. The average molecular weight is 230 g/mol. The first kappa shape index (κ1) is 11.4. The first-order valence-corrected chi connectivity index (χ1v) is 5.41. The largest absolute Gasteiger partial charge is 0.328 e.